The topological polar surface area (TPSA) is 81.6 Å². The summed E-state index contributed by atoms with van der Waals surface area (Å²) in [4.78, 5) is 25.1. The number of likely N-dealkylation sites (tertiary alicyclic amines) is 1. The zero-order chi connectivity index (χ0) is 16.7. The summed E-state index contributed by atoms with van der Waals surface area (Å²) < 4.78 is 10.6. The van der Waals surface area contributed by atoms with Crippen LogP contribution in [0.1, 0.15) is 38.3 Å². The maximum atomic E-state index is 12.1. The third-order valence-corrected chi connectivity index (χ3v) is 3.70. The Labute approximate surface area is 136 Å². The van der Waals surface area contributed by atoms with Crippen LogP contribution < -0.4 is 4.74 Å². The van der Waals surface area contributed by atoms with Gasteiger partial charge in [0.2, 0.25) is 11.8 Å². The molecule has 0 N–H and O–H groups in total. The van der Waals surface area contributed by atoms with Gasteiger partial charge >= 0.3 is 5.97 Å². The Balaban J connectivity index is 1.71. The van der Waals surface area contributed by atoms with E-state index in [1.807, 2.05) is 13.0 Å². The summed E-state index contributed by atoms with van der Waals surface area (Å²) in [7, 11) is 0. The van der Waals surface area contributed by atoms with Crippen molar-refractivity contribution in [2.24, 2.45) is 0 Å². The van der Waals surface area contributed by atoms with Crippen molar-refractivity contribution in [2.45, 2.75) is 45.6 Å². The largest absolute Gasteiger partial charge is 0.473 e. The van der Waals surface area contributed by atoms with Crippen molar-refractivity contribution in [2.75, 3.05) is 19.7 Å². The minimum Gasteiger partial charge on any atom is -0.473 e. The fourth-order valence-corrected chi connectivity index (χ4v) is 2.44. The Morgan fingerprint density at radius 2 is 1.96 bits per heavy atom. The second-order valence-corrected chi connectivity index (χ2v) is 5.52. The summed E-state index contributed by atoms with van der Waals surface area (Å²) in [6.07, 6.45) is 1.89. The molecular formula is C16H23N3O4. The van der Waals surface area contributed by atoms with Crippen LogP contribution in [0.2, 0.25) is 0 Å². The lowest BCUT2D eigenvalue weighted by Crippen LogP contribution is -2.42. The first-order valence-electron chi connectivity index (χ1n) is 7.99. The number of rotatable bonds is 6. The molecular weight excluding hydrogens is 298 g/mol. The lowest BCUT2D eigenvalue weighted by Gasteiger charge is -2.31. The van der Waals surface area contributed by atoms with Crippen LogP contribution in [0.4, 0.5) is 0 Å². The second-order valence-electron chi connectivity index (χ2n) is 5.52. The average Bonchev–Trinajstić information content (AvgIpc) is 2.56. The monoisotopic (exact) mass is 321 g/mol. The number of piperidine rings is 1. The number of aromatic nitrogens is 2. The molecule has 0 spiro atoms. The number of aryl methyl sites for hydroxylation is 1. The van der Waals surface area contributed by atoms with Gasteiger partial charge in [-0.15, -0.1) is 5.10 Å². The van der Waals surface area contributed by atoms with E-state index in [1.165, 1.54) is 0 Å². The molecule has 0 aliphatic carbocycles. The van der Waals surface area contributed by atoms with Crippen LogP contribution in [0.5, 0.6) is 5.88 Å². The first kappa shape index (κ1) is 17.2. The Hall–Kier alpha value is -2.18. The zero-order valence-corrected chi connectivity index (χ0v) is 13.7. The summed E-state index contributed by atoms with van der Waals surface area (Å²) in [5, 5.41) is 7.95. The molecule has 1 aliphatic rings. The Bertz CT molecular complexity index is 525. The van der Waals surface area contributed by atoms with Crippen LogP contribution in [0.25, 0.3) is 0 Å². The third kappa shape index (κ3) is 5.50. The smallest absolute Gasteiger partial charge is 0.306 e. The molecule has 7 nitrogen and oxygen atoms in total. The van der Waals surface area contributed by atoms with E-state index in [0.29, 0.717) is 25.6 Å². The van der Waals surface area contributed by atoms with Gasteiger partial charge in [0, 0.05) is 38.4 Å². The van der Waals surface area contributed by atoms with Crippen LogP contribution in [0, 0.1) is 6.92 Å². The minimum atomic E-state index is -0.322. The number of carbonyl (C=O) groups excluding carboxylic acids is 2. The van der Waals surface area contributed by atoms with E-state index in [9.17, 15) is 9.59 Å². The molecule has 0 unspecified atom stereocenters. The molecule has 0 radical (unpaired) electrons. The molecule has 2 heterocycles. The molecule has 0 bridgehead atoms. The third-order valence-electron chi connectivity index (χ3n) is 3.70. The molecule has 1 saturated heterocycles. The molecule has 1 fully saturated rings. The van der Waals surface area contributed by atoms with E-state index in [2.05, 4.69) is 10.2 Å². The number of nitrogens with zero attached hydrogens (tertiary/aromatic N) is 3. The fourth-order valence-electron chi connectivity index (χ4n) is 2.44. The lowest BCUT2D eigenvalue weighted by atomic mass is 10.1. The Morgan fingerprint density at radius 3 is 2.57 bits per heavy atom. The first-order valence-corrected chi connectivity index (χ1v) is 7.99. The maximum absolute atomic E-state index is 12.1. The van der Waals surface area contributed by atoms with Crippen molar-refractivity contribution >= 4 is 11.9 Å². The summed E-state index contributed by atoms with van der Waals surface area (Å²) in [6.45, 7) is 5.23. The van der Waals surface area contributed by atoms with E-state index in [0.717, 1.165) is 18.5 Å². The highest BCUT2D eigenvalue weighted by Crippen LogP contribution is 2.17. The molecule has 0 saturated carbocycles. The van der Waals surface area contributed by atoms with Gasteiger partial charge in [0.05, 0.1) is 18.7 Å². The van der Waals surface area contributed by atoms with Crippen LogP contribution in [0.3, 0.4) is 0 Å². The molecule has 1 amide bonds. The fraction of sp³-hybridized carbons (Fsp3) is 0.625. The number of amides is 1. The van der Waals surface area contributed by atoms with E-state index in [-0.39, 0.29) is 30.8 Å². The molecule has 7 heteroatoms. The molecule has 126 valence electrons. The van der Waals surface area contributed by atoms with Gasteiger partial charge in [-0.3, -0.25) is 9.59 Å². The first-order chi connectivity index (χ1) is 11.1. The highest BCUT2D eigenvalue weighted by molar-refractivity contribution is 5.81. The van der Waals surface area contributed by atoms with Crippen LogP contribution in [-0.4, -0.2) is 52.8 Å². The molecule has 0 aromatic carbocycles. The molecule has 0 atom stereocenters. The van der Waals surface area contributed by atoms with Crippen LogP contribution in [0.15, 0.2) is 12.1 Å². The molecule has 1 aromatic heterocycles. The summed E-state index contributed by atoms with van der Waals surface area (Å²) in [5.41, 5.74) is 0.847. The lowest BCUT2D eigenvalue weighted by molar-refractivity contribution is -0.146. The summed E-state index contributed by atoms with van der Waals surface area (Å²) in [5.74, 6) is 0.186. The van der Waals surface area contributed by atoms with Crippen molar-refractivity contribution < 1.29 is 19.1 Å². The highest BCUT2D eigenvalue weighted by Gasteiger charge is 2.24. The van der Waals surface area contributed by atoms with E-state index >= 15 is 0 Å². The van der Waals surface area contributed by atoms with Gasteiger partial charge in [0.1, 0.15) is 6.10 Å². The summed E-state index contributed by atoms with van der Waals surface area (Å²) in [6, 6.07) is 3.66. The standard InChI is InChI=1S/C16H23N3O4/c1-3-22-16(21)7-6-15(20)19-10-8-13(9-11-19)23-14-5-4-12(2)17-18-14/h4-5,13H,3,6-11H2,1-2H3. The number of hydrogen-bond donors (Lipinski definition) is 0. The zero-order valence-electron chi connectivity index (χ0n) is 13.7. The normalized spacial score (nSPS) is 15.3. The highest BCUT2D eigenvalue weighted by atomic mass is 16.5. The number of esters is 1. The molecule has 23 heavy (non-hydrogen) atoms. The van der Waals surface area contributed by atoms with Crippen molar-refractivity contribution in [3.8, 4) is 5.88 Å². The average molecular weight is 321 g/mol. The molecule has 2 rings (SSSR count). The number of hydrogen-bond acceptors (Lipinski definition) is 6. The Morgan fingerprint density at radius 1 is 1.22 bits per heavy atom. The van der Waals surface area contributed by atoms with Gasteiger partial charge < -0.3 is 14.4 Å². The van der Waals surface area contributed by atoms with E-state index in [4.69, 9.17) is 9.47 Å². The van der Waals surface area contributed by atoms with Gasteiger partial charge in [-0.2, -0.15) is 5.10 Å². The van der Waals surface area contributed by atoms with Gasteiger partial charge in [-0.05, 0) is 19.9 Å². The van der Waals surface area contributed by atoms with Crippen molar-refractivity contribution in [1.82, 2.24) is 15.1 Å². The van der Waals surface area contributed by atoms with Gasteiger partial charge in [-0.1, -0.05) is 0 Å². The Kier molecular flexibility index (Phi) is 6.31. The SMILES string of the molecule is CCOC(=O)CCC(=O)N1CCC(Oc2ccc(C)nn2)CC1. The predicted molar refractivity (Wildman–Crippen MR) is 82.9 cm³/mol. The van der Waals surface area contributed by atoms with Crippen molar-refractivity contribution in [1.29, 1.82) is 0 Å². The van der Waals surface area contributed by atoms with Crippen molar-refractivity contribution in [3.05, 3.63) is 17.8 Å². The van der Waals surface area contributed by atoms with E-state index < -0.39 is 0 Å². The van der Waals surface area contributed by atoms with E-state index in [1.54, 1.807) is 17.9 Å². The minimum absolute atomic E-state index is 0.00775. The van der Waals surface area contributed by atoms with Gasteiger partial charge in [-0.25, -0.2) is 0 Å². The predicted octanol–water partition coefficient (Wildman–Crippen LogP) is 1.50. The maximum Gasteiger partial charge on any atom is 0.306 e. The summed E-state index contributed by atoms with van der Waals surface area (Å²) >= 11 is 0. The number of ether oxygens (including phenoxy) is 2. The quantitative estimate of drug-likeness (QED) is 0.739. The molecule has 1 aliphatic heterocycles. The molecule has 1 aromatic rings. The van der Waals surface area contributed by atoms with Crippen LogP contribution >= 0.6 is 0 Å². The van der Waals surface area contributed by atoms with Crippen molar-refractivity contribution in [3.63, 3.8) is 0 Å². The number of carbonyl (C=O) groups is 2. The second kappa shape index (κ2) is 8.45. The van der Waals surface area contributed by atoms with Crippen LogP contribution in [-0.2, 0) is 14.3 Å². The van der Waals surface area contributed by atoms with Gasteiger partial charge in [0.15, 0.2) is 0 Å². The van der Waals surface area contributed by atoms with Gasteiger partial charge in [0.25, 0.3) is 0 Å².